The summed E-state index contributed by atoms with van der Waals surface area (Å²) in [5.41, 5.74) is 0.307. The molecule has 2 aromatic rings. The van der Waals surface area contributed by atoms with E-state index in [0.717, 1.165) is 10.8 Å². The first kappa shape index (κ1) is 12.7. The number of halogens is 3. The molecule has 0 aliphatic heterocycles. The summed E-state index contributed by atoms with van der Waals surface area (Å²) >= 11 is 17.6. The van der Waals surface area contributed by atoms with E-state index >= 15 is 0 Å². The number of benzene rings is 1. The van der Waals surface area contributed by atoms with Gasteiger partial charge in [0.05, 0.1) is 6.61 Å². The molecular formula is C11H9Cl3N2O. The second-order valence-electron chi connectivity index (χ2n) is 3.33. The van der Waals surface area contributed by atoms with E-state index < -0.39 is 3.79 Å². The Kier molecular flexibility index (Phi) is 3.61. The molecule has 0 saturated carbocycles. The van der Waals surface area contributed by atoms with Crippen molar-refractivity contribution in [3.63, 3.8) is 0 Å². The van der Waals surface area contributed by atoms with Crippen molar-refractivity contribution in [1.82, 2.24) is 10.2 Å². The smallest absolute Gasteiger partial charge is 0.241 e. The van der Waals surface area contributed by atoms with Crippen molar-refractivity contribution >= 4 is 45.6 Å². The van der Waals surface area contributed by atoms with Gasteiger partial charge in [0.15, 0.2) is 0 Å². The first-order chi connectivity index (χ1) is 8.04. The maximum atomic E-state index is 5.85. The third kappa shape index (κ3) is 2.57. The molecule has 0 radical (unpaired) electrons. The number of rotatable bonds is 2. The van der Waals surface area contributed by atoms with Gasteiger partial charge in [-0.05, 0) is 13.0 Å². The number of ether oxygens (including phenoxy) is 1. The van der Waals surface area contributed by atoms with Gasteiger partial charge in [0, 0.05) is 10.8 Å². The van der Waals surface area contributed by atoms with Gasteiger partial charge in [0.25, 0.3) is 0 Å². The molecule has 0 saturated heterocycles. The second kappa shape index (κ2) is 4.84. The number of nitrogens with zero attached hydrogens (tertiary/aromatic N) is 2. The fourth-order valence-corrected chi connectivity index (χ4v) is 1.95. The lowest BCUT2D eigenvalue weighted by atomic mass is 10.1. The average Bonchev–Trinajstić information content (AvgIpc) is 2.28. The third-order valence-electron chi connectivity index (χ3n) is 2.20. The highest BCUT2D eigenvalue weighted by Gasteiger charge is 2.28. The Labute approximate surface area is 114 Å². The van der Waals surface area contributed by atoms with E-state index in [4.69, 9.17) is 39.5 Å². The van der Waals surface area contributed by atoms with Crippen LogP contribution in [0.5, 0.6) is 5.88 Å². The Morgan fingerprint density at radius 1 is 1.12 bits per heavy atom. The minimum absolute atomic E-state index is 0.307. The molecular weight excluding hydrogens is 282 g/mol. The Morgan fingerprint density at radius 2 is 1.76 bits per heavy atom. The summed E-state index contributed by atoms with van der Waals surface area (Å²) in [6.45, 7) is 2.38. The standard InChI is InChI=1S/C11H9Cl3N2O/c1-2-17-10-8-6-4-3-5-7(8)9(15-16-10)11(12,13)14/h3-6H,2H2,1H3. The largest absolute Gasteiger partial charge is 0.476 e. The fraction of sp³-hybridized carbons (Fsp3) is 0.273. The van der Waals surface area contributed by atoms with Gasteiger partial charge in [0.2, 0.25) is 9.67 Å². The van der Waals surface area contributed by atoms with Crippen molar-refractivity contribution in [2.75, 3.05) is 6.61 Å². The van der Waals surface area contributed by atoms with Gasteiger partial charge in [-0.25, -0.2) is 0 Å². The minimum Gasteiger partial charge on any atom is -0.476 e. The van der Waals surface area contributed by atoms with Crippen LogP contribution < -0.4 is 4.74 Å². The summed E-state index contributed by atoms with van der Waals surface area (Å²) < 4.78 is 3.78. The van der Waals surface area contributed by atoms with Crippen molar-refractivity contribution in [2.24, 2.45) is 0 Å². The molecule has 0 aliphatic rings. The Balaban J connectivity index is 2.71. The molecule has 0 N–H and O–H groups in total. The predicted octanol–water partition coefficient (Wildman–Crippen LogP) is 3.86. The number of alkyl halides is 3. The monoisotopic (exact) mass is 290 g/mol. The van der Waals surface area contributed by atoms with E-state index in [1.54, 1.807) is 0 Å². The van der Waals surface area contributed by atoms with Gasteiger partial charge < -0.3 is 4.74 Å². The van der Waals surface area contributed by atoms with Gasteiger partial charge in [-0.15, -0.1) is 10.2 Å². The Bertz CT molecular complexity index is 540. The second-order valence-corrected chi connectivity index (χ2v) is 5.61. The molecule has 0 amide bonds. The van der Waals surface area contributed by atoms with Crippen LogP contribution >= 0.6 is 34.8 Å². The molecule has 3 nitrogen and oxygen atoms in total. The molecule has 0 bridgehead atoms. The lowest BCUT2D eigenvalue weighted by molar-refractivity contribution is 0.327. The van der Waals surface area contributed by atoms with E-state index in [2.05, 4.69) is 10.2 Å². The van der Waals surface area contributed by atoms with Crippen LogP contribution in [0, 0.1) is 0 Å². The van der Waals surface area contributed by atoms with Crippen LogP contribution in [0.1, 0.15) is 12.6 Å². The number of hydrogen-bond donors (Lipinski definition) is 0. The average molecular weight is 292 g/mol. The molecule has 6 heteroatoms. The molecule has 1 aromatic heterocycles. The normalized spacial score (nSPS) is 11.8. The fourth-order valence-electron chi connectivity index (χ4n) is 1.53. The molecule has 0 fully saturated rings. The van der Waals surface area contributed by atoms with Gasteiger partial charge in [0.1, 0.15) is 5.69 Å². The zero-order valence-corrected chi connectivity index (χ0v) is 11.2. The lowest BCUT2D eigenvalue weighted by Gasteiger charge is -2.13. The third-order valence-corrected chi connectivity index (χ3v) is 2.74. The van der Waals surface area contributed by atoms with Crippen LogP contribution in [0.2, 0.25) is 0 Å². The summed E-state index contributed by atoms with van der Waals surface area (Å²) in [5.74, 6) is 0.445. The molecule has 2 rings (SSSR count). The van der Waals surface area contributed by atoms with Crippen molar-refractivity contribution in [3.05, 3.63) is 30.0 Å². The Morgan fingerprint density at radius 3 is 2.35 bits per heavy atom. The predicted molar refractivity (Wildman–Crippen MR) is 69.9 cm³/mol. The van der Waals surface area contributed by atoms with E-state index in [1.165, 1.54) is 0 Å². The van der Waals surface area contributed by atoms with Crippen LogP contribution in [0.4, 0.5) is 0 Å². The van der Waals surface area contributed by atoms with Crippen LogP contribution in [0.15, 0.2) is 24.3 Å². The summed E-state index contributed by atoms with van der Waals surface area (Å²) in [6, 6.07) is 7.40. The van der Waals surface area contributed by atoms with Crippen LogP contribution in [0.3, 0.4) is 0 Å². The van der Waals surface area contributed by atoms with Crippen LogP contribution in [-0.4, -0.2) is 16.8 Å². The zero-order valence-electron chi connectivity index (χ0n) is 8.95. The van der Waals surface area contributed by atoms with E-state index in [9.17, 15) is 0 Å². The van der Waals surface area contributed by atoms with Gasteiger partial charge >= 0.3 is 0 Å². The molecule has 90 valence electrons. The molecule has 1 heterocycles. The lowest BCUT2D eigenvalue weighted by Crippen LogP contribution is -2.08. The molecule has 0 unspecified atom stereocenters. The van der Waals surface area contributed by atoms with Crippen molar-refractivity contribution in [2.45, 2.75) is 10.7 Å². The van der Waals surface area contributed by atoms with Gasteiger partial charge in [-0.1, -0.05) is 53.0 Å². The number of hydrogen-bond acceptors (Lipinski definition) is 3. The van der Waals surface area contributed by atoms with Crippen LogP contribution in [0.25, 0.3) is 10.8 Å². The topological polar surface area (TPSA) is 35.0 Å². The highest BCUT2D eigenvalue weighted by Crippen LogP contribution is 2.41. The molecule has 0 spiro atoms. The highest BCUT2D eigenvalue weighted by atomic mass is 35.6. The van der Waals surface area contributed by atoms with E-state index in [1.807, 2.05) is 31.2 Å². The van der Waals surface area contributed by atoms with Crippen molar-refractivity contribution in [1.29, 1.82) is 0 Å². The molecule has 17 heavy (non-hydrogen) atoms. The highest BCUT2D eigenvalue weighted by molar-refractivity contribution is 6.67. The maximum absolute atomic E-state index is 5.85. The summed E-state index contributed by atoms with van der Waals surface area (Å²) in [7, 11) is 0. The summed E-state index contributed by atoms with van der Waals surface area (Å²) in [5, 5.41) is 9.37. The SMILES string of the molecule is CCOc1nnc(C(Cl)(Cl)Cl)c2ccccc12. The van der Waals surface area contributed by atoms with Gasteiger partial charge in [-0.3, -0.25) is 0 Å². The van der Waals surface area contributed by atoms with Gasteiger partial charge in [-0.2, -0.15) is 0 Å². The minimum atomic E-state index is -1.60. The Hall–Kier alpha value is -0.770. The van der Waals surface area contributed by atoms with E-state index in [-0.39, 0.29) is 0 Å². The summed E-state index contributed by atoms with van der Waals surface area (Å²) in [6.07, 6.45) is 0. The quantitative estimate of drug-likeness (QED) is 0.788. The first-order valence-electron chi connectivity index (χ1n) is 4.99. The van der Waals surface area contributed by atoms with E-state index in [0.29, 0.717) is 18.2 Å². The molecule has 0 atom stereocenters. The van der Waals surface area contributed by atoms with Crippen LogP contribution in [-0.2, 0) is 3.79 Å². The number of fused-ring (bicyclic) bond motifs is 1. The maximum Gasteiger partial charge on any atom is 0.241 e. The van der Waals surface area contributed by atoms with Crippen molar-refractivity contribution < 1.29 is 4.74 Å². The number of aromatic nitrogens is 2. The summed E-state index contributed by atoms with van der Waals surface area (Å²) in [4.78, 5) is 0. The zero-order chi connectivity index (χ0) is 12.5. The first-order valence-corrected chi connectivity index (χ1v) is 6.13. The van der Waals surface area contributed by atoms with Crippen molar-refractivity contribution in [3.8, 4) is 5.88 Å². The molecule has 0 aliphatic carbocycles. The molecule has 1 aromatic carbocycles.